The van der Waals surface area contributed by atoms with Crippen molar-refractivity contribution in [1.82, 2.24) is 14.5 Å². The molecule has 0 atom stereocenters. The molecule has 0 fully saturated rings. The number of imidazole rings is 1. The Kier molecular flexibility index (Phi) is 2.52. The SMILES string of the molecule is Cc1csc(Cn2cc(C)[nH]c2=S)n1. The first-order chi connectivity index (χ1) is 6.65. The van der Waals surface area contributed by atoms with E-state index in [1.54, 1.807) is 11.3 Å². The number of nitrogens with zero attached hydrogens (tertiary/aromatic N) is 2. The Morgan fingerprint density at radius 1 is 1.57 bits per heavy atom. The van der Waals surface area contributed by atoms with Gasteiger partial charge in [-0.1, -0.05) is 0 Å². The van der Waals surface area contributed by atoms with Crippen molar-refractivity contribution >= 4 is 23.6 Å². The van der Waals surface area contributed by atoms with E-state index in [1.807, 2.05) is 24.6 Å². The quantitative estimate of drug-likeness (QED) is 0.797. The Labute approximate surface area is 91.4 Å². The minimum Gasteiger partial charge on any atom is -0.335 e. The van der Waals surface area contributed by atoms with Crippen molar-refractivity contribution < 1.29 is 0 Å². The van der Waals surface area contributed by atoms with Gasteiger partial charge >= 0.3 is 0 Å². The van der Waals surface area contributed by atoms with E-state index in [4.69, 9.17) is 12.2 Å². The summed E-state index contributed by atoms with van der Waals surface area (Å²) in [5.74, 6) is 0. The molecule has 0 saturated heterocycles. The molecule has 0 spiro atoms. The Balaban J connectivity index is 2.26. The predicted molar refractivity (Wildman–Crippen MR) is 60.3 cm³/mol. The second kappa shape index (κ2) is 3.67. The third kappa shape index (κ3) is 1.93. The average molecular weight is 225 g/mol. The summed E-state index contributed by atoms with van der Waals surface area (Å²) < 4.78 is 2.76. The smallest absolute Gasteiger partial charge is 0.177 e. The molecule has 1 N–H and O–H groups in total. The van der Waals surface area contributed by atoms with Crippen molar-refractivity contribution in [2.45, 2.75) is 20.4 Å². The summed E-state index contributed by atoms with van der Waals surface area (Å²) in [5, 5.41) is 3.15. The van der Waals surface area contributed by atoms with Crippen LogP contribution >= 0.6 is 23.6 Å². The van der Waals surface area contributed by atoms with Gasteiger partial charge in [0.25, 0.3) is 0 Å². The molecule has 0 aliphatic heterocycles. The number of hydrogen-bond acceptors (Lipinski definition) is 3. The minimum absolute atomic E-state index is 0.760. The predicted octanol–water partition coefficient (Wildman–Crippen LogP) is 2.67. The lowest BCUT2D eigenvalue weighted by Gasteiger charge is -1.96. The zero-order chi connectivity index (χ0) is 10.1. The maximum atomic E-state index is 5.16. The molecule has 5 heteroatoms. The second-order valence-corrected chi connectivity index (χ2v) is 4.58. The number of nitrogens with one attached hydrogen (secondary N) is 1. The van der Waals surface area contributed by atoms with Crippen LogP contribution < -0.4 is 0 Å². The van der Waals surface area contributed by atoms with E-state index in [9.17, 15) is 0 Å². The van der Waals surface area contributed by atoms with E-state index >= 15 is 0 Å². The molecule has 0 amide bonds. The highest BCUT2D eigenvalue weighted by molar-refractivity contribution is 7.71. The lowest BCUT2D eigenvalue weighted by atomic mass is 10.5. The monoisotopic (exact) mass is 225 g/mol. The molecular weight excluding hydrogens is 214 g/mol. The number of hydrogen-bond donors (Lipinski definition) is 1. The summed E-state index contributed by atoms with van der Waals surface area (Å²) in [7, 11) is 0. The van der Waals surface area contributed by atoms with Crippen molar-refractivity contribution in [1.29, 1.82) is 0 Å². The van der Waals surface area contributed by atoms with Gasteiger partial charge in [-0.15, -0.1) is 11.3 Å². The van der Waals surface area contributed by atoms with Gasteiger partial charge < -0.3 is 9.55 Å². The molecule has 0 aliphatic carbocycles. The number of aromatic amines is 1. The highest BCUT2D eigenvalue weighted by Gasteiger charge is 2.01. The topological polar surface area (TPSA) is 33.6 Å². The van der Waals surface area contributed by atoms with Crippen LogP contribution in [-0.2, 0) is 6.54 Å². The molecule has 74 valence electrons. The summed E-state index contributed by atoms with van der Waals surface area (Å²) in [6, 6.07) is 0. The first-order valence-electron chi connectivity index (χ1n) is 4.32. The highest BCUT2D eigenvalue weighted by atomic mass is 32.1. The van der Waals surface area contributed by atoms with Gasteiger partial charge in [0.05, 0.1) is 6.54 Å². The van der Waals surface area contributed by atoms with Gasteiger partial charge in [0.15, 0.2) is 4.77 Å². The van der Waals surface area contributed by atoms with Crippen LogP contribution in [-0.4, -0.2) is 14.5 Å². The van der Waals surface area contributed by atoms with Crippen LogP contribution in [0.3, 0.4) is 0 Å². The number of rotatable bonds is 2. The standard InChI is InChI=1S/C9H11N3S2/c1-6-3-12(9(13)11-6)4-8-10-7(2)5-14-8/h3,5H,4H2,1-2H3,(H,11,13). The largest absolute Gasteiger partial charge is 0.335 e. The molecule has 2 rings (SSSR count). The summed E-state index contributed by atoms with van der Waals surface area (Å²) in [4.78, 5) is 7.48. The van der Waals surface area contributed by atoms with Crippen LogP contribution in [0.1, 0.15) is 16.4 Å². The molecule has 0 radical (unpaired) electrons. The van der Waals surface area contributed by atoms with Crippen molar-refractivity contribution in [2.24, 2.45) is 0 Å². The third-order valence-electron chi connectivity index (χ3n) is 1.89. The van der Waals surface area contributed by atoms with E-state index in [0.29, 0.717) is 0 Å². The molecule has 0 aliphatic rings. The maximum absolute atomic E-state index is 5.16. The van der Waals surface area contributed by atoms with E-state index < -0.39 is 0 Å². The minimum atomic E-state index is 0.760. The number of aryl methyl sites for hydroxylation is 2. The zero-order valence-corrected chi connectivity index (χ0v) is 9.71. The second-order valence-electron chi connectivity index (χ2n) is 3.25. The molecule has 0 saturated carbocycles. The zero-order valence-electron chi connectivity index (χ0n) is 8.07. The molecule has 0 aromatic carbocycles. The van der Waals surface area contributed by atoms with Gasteiger partial charge in [0.1, 0.15) is 5.01 Å². The fraction of sp³-hybridized carbons (Fsp3) is 0.333. The molecule has 2 heterocycles. The lowest BCUT2D eigenvalue weighted by molar-refractivity contribution is 0.775. The van der Waals surface area contributed by atoms with Crippen LogP contribution in [0.5, 0.6) is 0 Å². The van der Waals surface area contributed by atoms with Crippen molar-refractivity contribution in [3.05, 3.63) is 32.7 Å². The molecule has 2 aromatic rings. The van der Waals surface area contributed by atoms with Crippen molar-refractivity contribution in [3.8, 4) is 0 Å². The number of thiazole rings is 1. The van der Waals surface area contributed by atoms with Crippen LogP contribution in [0.25, 0.3) is 0 Å². The van der Waals surface area contributed by atoms with Crippen LogP contribution in [0.15, 0.2) is 11.6 Å². The van der Waals surface area contributed by atoms with Crippen molar-refractivity contribution in [2.75, 3.05) is 0 Å². The van der Waals surface area contributed by atoms with E-state index in [2.05, 4.69) is 15.3 Å². The molecule has 0 bridgehead atoms. The Bertz CT molecular complexity index is 492. The van der Waals surface area contributed by atoms with Gasteiger partial charge in [0, 0.05) is 23.0 Å². The van der Waals surface area contributed by atoms with Gasteiger partial charge in [-0.2, -0.15) is 0 Å². The molecule has 3 nitrogen and oxygen atoms in total. The first kappa shape index (κ1) is 9.61. The molecule has 0 unspecified atom stereocenters. The number of H-pyrrole nitrogens is 1. The third-order valence-corrected chi connectivity index (χ3v) is 3.17. The molecule has 14 heavy (non-hydrogen) atoms. The highest BCUT2D eigenvalue weighted by Crippen LogP contribution is 2.11. The molecule has 2 aromatic heterocycles. The average Bonchev–Trinajstić information content (AvgIpc) is 2.61. The lowest BCUT2D eigenvalue weighted by Crippen LogP contribution is -1.97. The van der Waals surface area contributed by atoms with Crippen LogP contribution in [0, 0.1) is 18.6 Å². The van der Waals surface area contributed by atoms with Gasteiger partial charge in [0.2, 0.25) is 0 Å². The van der Waals surface area contributed by atoms with Crippen molar-refractivity contribution in [3.63, 3.8) is 0 Å². The maximum Gasteiger partial charge on any atom is 0.177 e. The normalized spacial score (nSPS) is 10.7. The molecular formula is C9H11N3S2. The summed E-state index contributed by atoms with van der Waals surface area (Å²) in [6.07, 6.45) is 2.01. The summed E-state index contributed by atoms with van der Waals surface area (Å²) in [6.45, 7) is 4.77. The summed E-state index contributed by atoms with van der Waals surface area (Å²) in [5.41, 5.74) is 2.16. The van der Waals surface area contributed by atoms with Gasteiger partial charge in [-0.3, -0.25) is 0 Å². The first-order valence-corrected chi connectivity index (χ1v) is 5.61. The van der Waals surface area contributed by atoms with Gasteiger partial charge in [-0.25, -0.2) is 4.98 Å². The van der Waals surface area contributed by atoms with E-state index in [-0.39, 0.29) is 0 Å². The fourth-order valence-electron chi connectivity index (χ4n) is 1.30. The summed E-state index contributed by atoms with van der Waals surface area (Å²) >= 11 is 6.83. The Morgan fingerprint density at radius 2 is 2.36 bits per heavy atom. The Morgan fingerprint density at radius 3 is 2.86 bits per heavy atom. The number of aromatic nitrogens is 3. The Hall–Kier alpha value is -0.940. The van der Waals surface area contributed by atoms with Crippen LogP contribution in [0.2, 0.25) is 0 Å². The van der Waals surface area contributed by atoms with Gasteiger partial charge in [-0.05, 0) is 26.1 Å². The van der Waals surface area contributed by atoms with E-state index in [1.165, 1.54) is 0 Å². The van der Waals surface area contributed by atoms with E-state index in [0.717, 1.165) is 27.7 Å². The van der Waals surface area contributed by atoms with Crippen LogP contribution in [0.4, 0.5) is 0 Å². The fourth-order valence-corrected chi connectivity index (χ4v) is 2.35.